The lowest BCUT2D eigenvalue weighted by Gasteiger charge is -2.32. The molecular weight excluding hydrogens is 523 g/mol. The summed E-state index contributed by atoms with van der Waals surface area (Å²) in [6, 6.07) is 15.2. The van der Waals surface area contributed by atoms with Crippen LogP contribution in [0.1, 0.15) is 45.2 Å². The molecule has 0 aliphatic heterocycles. The number of aryl methyl sites for hydroxylation is 1. The summed E-state index contributed by atoms with van der Waals surface area (Å²) in [5.74, 6) is 0. The summed E-state index contributed by atoms with van der Waals surface area (Å²) >= 11 is 8.08. The third kappa shape index (κ3) is 9.78. The summed E-state index contributed by atoms with van der Waals surface area (Å²) in [6.07, 6.45) is 0.264. The van der Waals surface area contributed by atoms with Gasteiger partial charge in [-0.25, -0.2) is 9.36 Å². The first-order chi connectivity index (χ1) is 16.8. The van der Waals surface area contributed by atoms with Gasteiger partial charge in [0.05, 0.1) is 23.8 Å². The Labute approximate surface area is 222 Å². The van der Waals surface area contributed by atoms with Gasteiger partial charge in [-0.05, 0) is 76.4 Å². The summed E-state index contributed by atoms with van der Waals surface area (Å²) in [4.78, 5) is 14.4. The normalized spacial score (nSPS) is 13.5. The highest BCUT2D eigenvalue weighted by Crippen LogP contribution is 2.48. The van der Waals surface area contributed by atoms with Crippen molar-refractivity contribution in [2.45, 2.75) is 61.5 Å². The van der Waals surface area contributed by atoms with Gasteiger partial charge in [0.2, 0.25) is 0 Å². The zero-order valence-corrected chi connectivity index (χ0v) is 23.8. The molecule has 0 radical (unpaired) electrons. The van der Waals surface area contributed by atoms with Gasteiger partial charge in [-0.1, -0.05) is 35.5 Å². The van der Waals surface area contributed by atoms with Gasteiger partial charge in [0, 0.05) is 29.0 Å². The number of carbonyl (C=O) groups is 1. The van der Waals surface area contributed by atoms with Gasteiger partial charge < -0.3 is 10.1 Å². The fourth-order valence-corrected chi connectivity index (χ4v) is 5.15. The van der Waals surface area contributed by atoms with Crippen molar-refractivity contribution in [1.29, 1.82) is 5.26 Å². The Morgan fingerprint density at radius 2 is 1.78 bits per heavy atom. The van der Waals surface area contributed by atoms with E-state index in [1.165, 1.54) is 26.0 Å². The molecule has 0 aromatic heterocycles. The van der Waals surface area contributed by atoms with Gasteiger partial charge in [0.1, 0.15) is 5.60 Å². The van der Waals surface area contributed by atoms with E-state index in [2.05, 4.69) is 11.4 Å². The van der Waals surface area contributed by atoms with E-state index >= 15 is 0 Å². The molecule has 11 heteroatoms. The quantitative estimate of drug-likeness (QED) is 0.296. The van der Waals surface area contributed by atoms with E-state index in [0.717, 1.165) is 15.4 Å². The third-order valence-corrected chi connectivity index (χ3v) is 7.63. The first-order valence-corrected chi connectivity index (χ1v) is 13.8. The third-order valence-electron chi connectivity index (χ3n) is 4.96. The number of ether oxygens (including phenoxy) is 1. The zero-order chi connectivity index (χ0) is 27.0. The molecule has 0 aliphatic rings. The van der Waals surface area contributed by atoms with E-state index in [9.17, 15) is 9.36 Å². The fourth-order valence-electron chi connectivity index (χ4n) is 3.09. The van der Waals surface area contributed by atoms with Crippen LogP contribution in [0.25, 0.3) is 0 Å². The van der Waals surface area contributed by atoms with Crippen LogP contribution in [0.4, 0.5) is 4.79 Å². The van der Waals surface area contributed by atoms with Crippen LogP contribution in [-0.2, 0) is 29.3 Å². The van der Waals surface area contributed by atoms with Crippen molar-refractivity contribution in [3.8, 4) is 6.07 Å². The van der Waals surface area contributed by atoms with E-state index in [1.54, 1.807) is 33.8 Å². The first-order valence-electron chi connectivity index (χ1n) is 11.1. The minimum Gasteiger partial charge on any atom is -0.444 e. The van der Waals surface area contributed by atoms with Crippen LogP contribution in [-0.4, -0.2) is 38.1 Å². The minimum atomic E-state index is -3.75. The Bertz CT molecular complexity index is 1140. The lowest BCUT2D eigenvalue weighted by atomic mass is 9.94. The Morgan fingerprint density at radius 1 is 1.11 bits per heavy atom. The van der Waals surface area contributed by atoms with Crippen molar-refractivity contribution in [2.75, 3.05) is 20.8 Å². The van der Waals surface area contributed by atoms with E-state index in [0.29, 0.717) is 23.4 Å². The predicted molar refractivity (Wildman–Crippen MR) is 140 cm³/mol. The summed E-state index contributed by atoms with van der Waals surface area (Å²) in [5.41, 5.74) is -0.202. The van der Waals surface area contributed by atoms with Gasteiger partial charge in [0.15, 0.2) is 0 Å². The van der Waals surface area contributed by atoms with E-state index in [1.807, 2.05) is 36.4 Å². The van der Waals surface area contributed by atoms with Crippen LogP contribution in [0, 0.1) is 11.3 Å². The number of amides is 1. The molecule has 1 N–H and O–H groups in total. The Balaban J connectivity index is 2.15. The average molecular weight is 555 g/mol. The number of phosphoric ester groups is 1. The molecule has 1 atom stereocenters. The van der Waals surface area contributed by atoms with Crippen molar-refractivity contribution < 1.29 is 27.7 Å². The largest absolute Gasteiger partial charge is 0.474 e. The standard InChI is InChI=1S/C25H32ClN2O6PS/c1-24(2,3)34-23(29)28-25(4,17-33-35(30,31-5)32-6)13-12-19-10-11-21(15-22(19)26)36-20-9-7-8-18(14-20)16-27/h7-11,14-15H,12-13,17H2,1-6H3,(H,28,29)/t25-/m0/s1. The lowest BCUT2D eigenvalue weighted by Crippen LogP contribution is -2.51. The molecule has 1 amide bonds. The van der Waals surface area contributed by atoms with Crippen LogP contribution in [0.3, 0.4) is 0 Å². The van der Waals surface area contributed by atoms with Crippen LogP contribution in [0.2, 0.25) is 5.02 Å². The van der Waals surface area contributed by atoms with E-state index in [4.69, 9.17) is 35.2 Å². The average Bonchev–Trinajstić information content (AvgIpc) is 2.81. The molecule has 196 valence electrons. The summed E-state index contributed by atoms with van der Waals surface area (Å²) in [6.45, 7) is 6.90. The number of rotatable bonds is 11. The molecule has 2 aromatic rings. The van der Waals surface area contributed by atoms with E-state index < -0.39 is 25.1 Å². The summed E-state index contributed by atoms with van der Waals surface area (Å²) in [7, 11) is -1.31. The number of nitrogens with zero attached hydrogens (tertiary/aromatic N) is 1. The van der Waals surface area contributed by atoms with Gasteiger partial charge in [-0.15, -0.1) is 0 Å². The van der Waals surface area contributed by atoms with Crippen LogP contribution in [0.15, 0.2) is 52.3 Å². The second kappa shape index (κ2) is 13.0. The minimum absolute atomic E-state index is 0.147. The van der Waals surface area contributed by atoms with Crippen molar-refractivity contribution >= 4 is 37.3 Å². The van der Waals surface area contributed by atoms with Crippen molar-refractivity contribution in [3.05, 3.63) is 58.6 Å². The molecule has 2 rings (SSSR count). The number of hydrogen-bond donors (Lipinski definition) is 1. The molecule has 0 aliphatic carbocycles. The monoisotopic (exact) mass is 554 g/mol. The topological polar surface area (TPSA) is 107 Å². The number of nitriles is 1. The van der Waals surface area contributed by atoms with Gasteiger partial charge in [0.25, 0.3) is 0 Å². The molecule has 0 saturated carbocycles. The lowest BCUT2D eigenvalue weighted by molar-refractivity contribution is 0.0389. The second-order valence-corrected chi connectivity index (χ2v) is 12.7. The number of halogens is 1. The number of benzene rings is 2. The summed E-state index contributed by atoms with van der Waals surface area (Å²) in [5, 5.41) is 12.5. The Kier molecular flexibility index (Phi) is 10.9. The SMILES string of the molecule is COP(=O)(OC)OC[C@](C)(CCc1ccc(Sc2cccc(C#N)c2)cc1Cl)NC(=O)OC(C)(C)C. The molecular formula is C25H32ClN2O6PS. The second-order valence-electron chi connectivity index (χ2n) is 9.27. The van der Waals surface area contributed by atoms with Crippen molar-refractivity contribution in [1.82, 2.24) is 5.32 Å². The highest BCUT2D eigenvalue weighted by molar-refractivity contribution is 7.99. The maximum absolute atomic E-state index is 12.5. The highest BCUT2D eigenvalue weighted by Gasteiger charge is 2.34. The first kappa shape index (κ1) is 30.2. The zero-order valence-electron chi connectivity index (χ0n) is 21.3. The number of hydrogen-bond acceptors (Lipinski definition) is 8. The van der Waals surface area contributed by atoms with Crippen molar-refractivity contribution in [3.63, 3.8) is 0 Å². The van der Waals surface area contributed by atoms with Gasteiger partial charge >= 0.3 is 13.9 Å². The molecule has 8 nitrogen and oxygen atoms in total. The van der Waals surface area contributed by atoms with E-state index in [-0.39, 0.29) is 6.61 Å². The Morgan fingerprint density at radius 3 is 2.36 bits per heavy atom. The molecule has 0 fully saturated rings. The smallest absolute Gasteiger partial charge is 0.444 e. The number of nitrogens with one attached hydrogen (secondary N) is 1. The molecule has 0 bridgehead atoms. The molecule has 2 aromatic carbocycles. The molecule has 0 unspecified atom stereocenters. The number of phosphoric acid groups is 1. The van der Waals surface area contributed by atoms with Crippen LogP contribution in [0.5, 0.6) is 0 Å². The maximum atomic E-state index is 12.5. The number of alkyl carbamates (subject to hydrolysis) is 1. The number of carbonyl (C=O) groups excluding carboxylic acids is 1. The highest BCUT2D eigenvalue weighted by atomic mass is 35.5. The predicted octanol–water partition coefficient (Wildman–Crippen LogP) is 7.00. The molecule has 0 saturated heterocycles. The molecule has 36 heavy (non-hydrogen) atoms. The molecule has 0 spiro atoms. The van der Waals surface area contributed by atoms with Crippen LogP contribution < -0.4 is 5.32 Å². The van der Waals surface area contributed by atoms with Crippen molar-refractivity contribution in [2.24, 2.45) is 0 Å². The Hall–Kier alpha value is -2.05. The van der Waals surface area contributed by atoms with Crippen LogP contribution >= 0.6 is 31.2 Å². The maximum Gasteiger partial charge on any atom is 0.474 e. The molecule has 0 heterocycles. The van der Waals surface area contributed by atoms with Gasteiger partial charge in [-0.2, -0.15) is 5.26 Å². The van der Waals surface area contributed by atoms with Gasteiger partial charge in [-0.3, -0.25) is 13.6 Å². The summed E-state index contributed by atoms with van der Waals surface area (Å²) < 4.78 is 32.9. The fraction of sp³-hybridized carbons (Fsp3) is 0.440.